The van der Waals surface area contributed by atoms with E-state index in [1.807, 2.05) is 37.3 Å². The Bertz CT molecular complexity index is 648. The Morgan fingerprint density at radius 2 is 2.00 bits per heavy atom. The maximum atomic E-state index is 12.3. The highest BCUT2D eigenvalue weighted by molar-refractivity contribution is 7.85. The quantitative estimate of drug-likeness (QED) is 0.886. The molecule has 0 unspecified atom stereocenters. The number of carbonyl (C=O) groups is 1. The van der Waals surface area contributed by atoms with Gasteiger partial charge in [0.25, 0.3) is 0 Å². The van der Waals surface area contributed by atoms with E-state index in [-0.39, 0.29) is 11.7 Å². The van der Waals surface area contributed by atoms with E-state index in [4.69, 9.17) is 4.52 Å². The monoisotopic (exact) mass is 320 g/mol. The van der Waals surface area contributed by atoms with E-state index in [1.54, 1.807) is 13.8 Å². The minimum atomic E-state index is -1.31. The van der Waals surface area contributed by atoms with Crippen LogP contribution in [0.2, 0.25) is 0 Å². The van der Waals surface area contributed by atoms with Crippen molar-refractivity contribution < 1.29 is 13.5 Å². The van der Waals surface area contributed by atoms with Gasteiger partial charge in [-0.05, 0) is 26.3 Å². The van der Waals surface area contributed by atoms with Gasteiger partial charge in [-0.2, -0.15) is 0 Å². The van der Waals surface area contributed by atoms with Gasteiger partial charge >= 0.3 is 0 Å². The molecule has 0 fully saturated rings. The van der Waals surface area contributed by atoms with Crippen LogP contribution in [0, 0.1) is 13.8 Å². The van der Waals surface area contributed by atoms with Crippen molar-refractivity contribution in [1.29, 1.82) is 0 Å². The molecule has 0 bridgehead atoms. The third-order valence-electron chi connectivity index (χ3n) is 3.54. The first kappa shape index (κ1) is 16.4. The van der Waals surface area contributed by atoms with Gasteiger partial charge in [0.2, 0.25) is 5.91 Å². The fourth-order valence-electron chi connectivity index (χ4n) is 2.02. The van der Waals surface area contributed by atoms with Gasteiger partial charge in [-0.1, -0.05) is 35.5 Å². The van der Waals surface area contributed by atoms with Crippen LogP contribution < -0.4 is 5.32 Å². The molecule has 1 heterocycles. The average Bonchev–Trinajstić information content (AvgIpc) is 2.84. The van der Waals surface area contributed by atoms with Gasteiger partial charge in [-0.25, -0.2) is 0 Å². The molecule has 118 valence electrons. The molecule has 0 radical (unpaired) electrons. The summed E-state index contributed by atoms with van der Waals surface area (Å²) in [4.78, 5) is 12.1. The highest BCUT2D eigenvalue weighted by Gasteiger charge is 2.22. The Kier molecular flexibility index (Phi) is 5.49. The smallest absolute Gasteiger partial charge is 0.235 e. The Hall–Kier alpha value is -1.95. The number of benzene rings is 1. The van der Waals surface area contributed by atoms with Gasteiger partial charge in [-0.3, -0.25) is 9.00 Å². The lowest BCUT2D eigenvalue weighted by Crippen LogP contribution is -2.35. The molecule has 5 nitrogen and oxygen atoms in total. The second kappa shape index (κ2) is 7.35. The van der Waals surface area contributed by atoms with Crippen LogP contribution in [0.1, 0.15) is 29.5 Å². The van der Waals surface area contributed by atoms with Crippen molar-refractivity contribution in [2.75, 3.05) is 0 Å². The summed E-state index contributed by atoms with van der Waals surface area (Å²) in [5.41, 5.74) is 2.56. The molecule has 1 amide bonds. The molecule has 6 heteroatoms. The molecule has 2 aromatic rings. The zero-order chi connectivity index (χ0) is 16.1. The van der Waals surface area contributed by atoms with Gasteiger partial charge in [0.15, 0.2) is 0 Å². The summed E-state index contributed by atoms with van der Waals surface area (Å²) < 4.78 is 17.4. The molecule has 22 heavy (non-hydrogen) atoms. The van der Waals surface area contributed by atoms with Crippen molar-refractivity contribution >= 4 is 16.7 Å². The molecule has 0 spiro atoms. The predicted octanol–water partition coefficient (Wildman–Crippen LogP) is 2.25. The molecule has 1 N–H and O–H groups in total. The number of amides is 1. The molecule has 0 aliphatic heterocycles. The van der Waals surface area contributed by atoms with Crippen LogP contribution in [0.25, 0.3) is 0 Å². The van der Waals surface area contributed by atoms with Gasteiger partial charge in [0.05, 0.1) is 11.4 Å². The third kappa shape index (κ3) is 4.04. The summed E-state index contributed by atoms with van der Waals surface area (Å²) in [5, 5.41) is 6.07. The van der Waals surface area contributed by atoms with Crippen molar-refractivity contribution in [3.63, 3.8) is 0 Å². The normalized spacial score (nSPS) is 13.6. The summed E-state index contributed by atoms with van der Waals surface area (Å²) in [7, 11) is -1.31. The van der Waals surface area contributed by atoms with Gasteiger partial charge in [0, 0.05) is 22.9 Å². The van der Waals surface area contributed by atoms with Crippen LogP contribution in [0.5, 0.6) is 0 Å². The molecule has 2 atom stereocenters. The van der Waals surface area contributed by atoms with Crippen molar-refractivity contribution in [2.45, 2.75) is 38.3 Å². The third-order valence-corrected chi connectivity index (χ3v) is 5.12. The van der Waals surface area contributed by atoms with Crippen molar-refractivity contribution in [1.82, 2.24) is 10.5 Å². The average molecular weight is 320 g/mol. The first-order valence-corrected chi connectivity index (χ1v) is 8.47. The predicted molar refractivity (Wildman–Crippen MR) is 85.6 cm³/mol. The summed E-state index contributed by atoms with van der Waals surface area (Å²) in [6.45, 7) is 5.71. The summed E-state index contributed by atoms with van der Waals surface area (Å²) >= 11 is 0. The van der Waals surface area contributed by atoms with Gasteiger partial charge < -0.3 is 9.84 Å². The van der Waals surface area contributed by atoms with Crippen LogP contribution in [-0.2, 0) is 27.9 Å². The Labute approximate surface area is 132 Å². The summed E-state index contributed by atoms with van der Waals surface area (Å²) in [6.07, 6.45) is 0. The SMILES string of the molecule is Cc1noc(C)c1C[S@@](=O)[C@H](C)C(=O)NCc1ccccc1. The number of nitrogens with zero attached hydrogens (tertiary/aromatic N) is 1. The van der Waals surface area contributed by atoms with E-state index < -0.39 is 16.0 Å². The second-order valence-electron chi connectivity index (χ2n) is 5.17. The maximum Gasteiger partial charge on any atom is 0.235 e. The number of hydrogen-bond acceptors (Lipinski definition) is 4. The molecule has 0 aliphatic rings. The standard InChI is InChI=1S/C16H20N2O3S/c1-11-15(12(2)21-18-11)10-22(20)13(3)16(19)17-9-14-7-5-4-6-8-14/h4-8,13H,9-10H2,1-3H3,(H,17,19)/t13-,22-/m1/s1. The second-order valence-corrected chi connectivity index (χ2v) is 6.93. The molecule has 2 rings (SSSR count). The number of carbonyl (C=O) groups excluding carboxylic acids is 1. The summed E-state index contributed by atoms with van der Waals surface area (Å²) in [5.74, 6) is 0.720. The van der Waals surface area contributed by atoms with E-state index >= 15 is 0 Å². The molecular formula is C16H20N2O3S. The van der Waals surface area contributed by atoms with Gasteiger partial charge in [-0.15, -0.1) is 0 Å². The Morgan fingerprint density at radius 1 is 1.32 bits per heavy atom. The topological polar surface area (TPSA) is 72.2 Å². The first-order valence-electron chi connectivity index (χ1n) is 7.09. The lowest BCUT2D eigenvalue weighted by molar-refractivity contribution is -0.120. The number of hydrogen-bond donors (Lipinski definition) is 1. The molecule has 0 aliphatic carbocycles. The van der Waals surface area contributed by atoms with Crippen LogP contribution in [0.15, 0.2) is 34.9 Å². The fourth-order valence-corrected chi connectivity index (χ4v) is 3.29. The highest BCUT2D eigenvalue weighted by Crippen LogP contribution is 2.16. The lowest BCUT2D eigenvalue weighted by Gasteiger charge is -2.12. The van der Waals surface area contributed by atoms with E-state index in [0.717, 1.165) is 16.8 Å². The van der Waals surface area contributed by atoms with E-state index in [0.29, 0.717) is 12.3 Å². The fraction of sp³-hybridized carbons (Fsp3) is 0.375. The lowest BCUT2D eigenvalue weighted by atomic mass is 10.2. The van der Waals surface area contributed by atoms with Gasteiger partial charge in [0.1, 0.15) is 11.0 Å². The highest BCUT2D eigenvalue weighted by atomic mass is 32.2. The Morgan fingerprint density at radius 3 is 2.59 bits per heavy atom. The largest absolute Gasteiger partial charge is 0.361 e. The number of aryl methyl sites for hydroxylation is 2. The zero-order valence-electron chi connectivity index (χ0n) is 13.0. The van der Waals surface area contributed by atoms with Crippen LogP contribution in [0.4, 0.5) is 0 Å². The van der Waals surface area contributed by atoms with Crippen LogP contribution >= 0.6 is 0 Å². The number of aromatic nitrogens is 1. The molecular weight excluding hydrogens is 300 g/mol. The molecule has 0 saturated heterocycles. The van der Waals surface area contributed by atoms with E-state index in [1.165, 1.54) is 0 Å². The zero-order valence-corrected chi connectivity index (χ0v) is 13.8. The van der Waals surface area contributed by atoms with E-state index in [9.17, 15) is 9.00 Å². The van der Waals surface area contributed by atoms with Crippen molar-refractivity contribution in [3.05, 3.63) is 52.9 Å². The minimum Gasteiger partial charge on any atom is -0.361 e. The summed E-state index contributed by atoms with van der Waals surface area (Å²) in [6, 6.07) is 9.63. The van der Waals surface area contributed by atoms with Crippen LogP contribution in [0.3, 0.4) is 0 Å². The molecule has 0 saturated carbocycles. The Balaban J connectivity index is 1.91. The number of nitrogens with one attached hydrogen (secondary N) is 1. The minimum absolute atomic E-state index is 0.214. The molecule has 1 aromatic heterocycles. The van der Waals surface area contributed by atoms with E-state index in [2.05, 4.69) is 10.5 Å². The van der Waals surface area contributed by atoms with Crippen molar-refractivity contribution in [3.8, 4) is 0 Å². The maximum absolute atomic E-state index is 12.3. The molecule has 1 aromatic carbocycles. The first-order chi connectivity index (χ1) is 10.5. The number of rotatable bonds is 6. The van der Waals surface area contributed by atoms with Crippen molar-refractivity contribution in [2.24, 2.45) is 0 Å². The van der Waals surface area contributed by atoms with Crippen LogP contribution in [-0.4, -0.2) is 20.5 Å².